The number of nitrogens with one attached hydrogen (secondary N) is 2. The molecule has 0 unspecified atom stereocenters. The third-order valence-electron chi connectivity index (χ3n) is 2.85. The molecule has 1 amide bonds. The van der Waals surface area contributed by atoms with Crippen LogP contribution in [0.4, 0.5) is 5.95 Å². The maximum atomic E-state index is 11.8. The molecule has 1 aromatic carbocycles. The molecule has 1 fully saturated rings. The molecule has 0 aliphatic carbocycles. The summed E-state index contributed by atoms with van der Waals surface area (Å²) in [7, 11) is 0. The van der Waals surface area contributed by atoms with Gasteiger partial charge in [0.25, 0.3) is 5.91 Å². The lowest BCUT2D eigenvalue weighted by molar-refractivity contribution is -0.124. The molecule has 5 heteroatoms. The number of para-hydroxylation sites is 2. The molecule has 0 spiro atoms. The second-order valence-electron chi connectivity index (χ2n) is 4.09. The van der Waals surface area contributed by atoms with E-state index in [0.29, 0.717) is 12.6 Å². The van der Waals surface area contributed by atoms with Gasteiger partial charge in [-0.1, -0.05) is 12.1 Å². The number of rotatable bonds is 2. The molecule has 5 nitrogen and oxygen atoms in total. The van der Waals surface area contributed by atoms with Crippen molar-refractivity contribution in [1.29, 1.82) is 0 Å². The Labute approximate surface area is 98.2 Å². The maximum absolute atomic E-state index is 11.8. The van der Waals surface area contributed by atoms with Crippen molar-refractivity contribution in [3.8, 4) is 0 Å². The van der Waals surface area contributed by atoms with E-state index in [1.807, 2.05) is 24.3 Å². The Kier molecular flexibility index (Phi) is 2.53. The number of anilines is 1. The fourth-order valence-corrected chi connectivity index (χ4v) is 1.99. The number of ether oxygens (including phenoxy) is 1. The van der Waals surface area contributed by atoms with Crippen LogP contribution in [0.1, 0.15) is 12.8 Å². The van der Waals surface area contributed by atoms with Crippen molar-refractivity contribution < 1.29 is 9.53 Å². The highest BCUT2D eigenvalue weighted by atomic mass is 16.5. The molecule has 0 saturated carbocycles. The first-order chi connectivity index (χ1) is 8.33. The van der Waals surface area contributed by atoms with Crippen LogP contribution >= 0.6 is 0 Å². The molecular formula is C12H13N3O2. The van der Waals surface area contributed by atoms with Gasteiger partial charge in [-0.05, 0) is 25.0 Å². The first-order valence-electron chi connectivity index (χ1n) is 5.70. The standard InChI is InChI=1S/C12H13N3O2/c16-11(10-6-3-7-17-10)15-12-13-8-4-1-2-5-9(8)14-12/h1-2,4-5,10H,3,6-7H2,(H2,13,14,15,16)/t10-/m1/s1. The predicted octanol–water partition coefficient (Wildman–Crippen LogP) is 1.68. The smallest absolute Gasteiger partial charge is 0.255 e. The highest BCUT2D eigenvalue weighted by Gasteiger charge is 2.24. The van der Waals surface area contributed by atoms with E-state index in [1.165, 1.54) is 0 Å². The zero-order chi connectivity index (χ0) is 11.7. The number of carbonyl (C=O) groups excluding carboxylic acids is 1. The Hall–Kier alpha value is -1.88. The summed E-state index contributed by atoms with van der Waals surface area (Å²) in [5.41, 5.74) is 1.75. The minimum atomic E-state index is -0.330. The molecule has 2 heterocycles. The number of carbonyl (C=O) groups is 1. The lowest BCUT2D eigenvalue weighted by atomic mass is 10.2. The van der Waals surface area contributed by atoms with E-state index in [9.17, 15) is 4.79 Å². The highest BCUT2D eigenvalue weighted by molar-refractivity contribution is 5.94. The van der Waals surface area contributed by atoms with Crippen molar-refractivity contribution in [2.45, 2.75) is 18.9 Å². The monoisotopic (exact) mass is 231 g/mol. The molecule has 2 N–H and O–H groups in total. The van der Waals surface area contributed by atoms with Gasteiger partial charge in [0.15, 0.2) is 0 Å². The van der Waals surface area contributed by atoms with Crippen molar-refractivity contribution >= 4 is 22.9 Å². The molecule has 1 atom stereocenters. The van der Waals surface area contributed by atoms with E-state index in [0.717, 1.165) is 23.9 Å². The van der Waals surface area contributed by atoms with Gasteiger partial charge < -0.3 is 9.72 Å². The van der Waals surface area contributed by atoms with Gasteiger partial charge in [-0.3, -0.25) is 10.1 Å². The fourth-order valence-electron chi connectivity index (χ4n) is 1.99. The van der Waals surface area contributed by atoms with Crippen LogP contribution in [0, 0.1) is 0 Å². The van der Waals surface area contributed by atoms with E-state index in [-0.39, 0.29) is 12.0 Å². The first-order valence-corrected chi connectivity index (χ1v) is 5.70. The topological polar surface area (TPSA) is 67.0 Å². The molecule has 3 rings (SSSR count). The number of hydrogen-bond donors (Lipinski definition) is 2. The van der Waals surface area contributed by atoms with E-state index in [1.54, 1.807) is 0 Å². The number of amides is 1. The molecule has 1 aromatic heterocycles. The quantitative estimate of drug-likeness (QED) is 0.826. The summed E-state index contributed by atoms with van der Waals surface area (Å²) in [5.74, 6) is 0.355. The number of aromatic amines is 1. The summed E-state index contributed by atoms with van der Waals surface area (Å²) in [6.07, 6.45) is 1.40. The lowest BCUT2D eigenvalue weighted by Gasteiger charge is -2.07. The lowest BCUT2D eigenvalue weighted by Crippen LogP contribution is -2.27. The van der Waals surface area contributed by atoms with Gasteiger partial charge in [0.1, 0.15) is 6.10 Å². The number of imidazole rings is 1. The molecule has 88 valence electrons. The number of aromatic nitrogens is 2. The minimum absolute atomic E-state index is 0.124. The summed E-state index contributed by atoms with van der Waals surface area (Å²) < 4.78 is 5.31. The van der Waals surface area contributed by atoms with Gasteiger partial charge in [0.05, 0.1) is 11.0 Å². The van der Waals surface area contributed by atoms with Gasteiger partial charge in [-0.2, -0.15) is 0 Å². The zero-order valence-corrected chi connectivity index (χ0v) is 9.27. The fraction of sp³-hybridized carbons (Fsp3) is 0.333. The van der Waals surface area contributed by atoms with Gasteiger partial charge in [0.2, 0.25) is 5.95 Å². The predicted molar refractivity (Wildman–Crippen MR) is 63.7 cm³/mol. The molecule has 2 aromatic rings. The van der Waals surface area contributed by atoms with Crippen molar-refractivity contribution in [1.82, 2.24) is 9.97 Å². The number of nitrogens with zero attached hydrogens (tertiary/aromatic N) is 1. The van der Waals surface area contributed by atoms with Crippen molar-refractivity contribution in [2.24, 2.45) is 0 Å². The Morgan fingerprint density at radius 2 is 2.35 bits per heavy atom. The molecule has 1 saturated heterocycles. The highest BCUT2D eigenvalue weighted by Crippen LogP contribution is 2.16. The van der Waals surface area contributed by atoms with Crippen molar-refractivity contribution in [3.63, 3.8) is 0 Å². The Morgan fingerprint density at radius 3 is 3.12 bits per heavy atom. The second-order valence-corrected chi connectivity index (χ2v) is 4.09. The third-order valence-corrected chi connectivity index (χ3v) is 2.85. The summed E-state index contributed by atoms with van der Waals surface area (Å²) in [4.78, 5) is 19.1. The summed E-state index contributed by atoms with van der Waals surface area (Å²) in [5, 5.41) is 2.74. The van der Waals surface area contributed by atoms with E-state index < -0.39 is 0 Å². The van der Waals surface area contributed by atoms with Crippen LogP contribution in [-0.4, -0.2) is 28.6 Å². The largest absolute Gasteiger partial charge is 0.368 e. The van der Waals surface area contributed by atoms with Crippen molar-refractivity contribution in [3.05, 3.63) is 24.3 Å². The summed E-state index contributed by atoms with van der Waals surface area (Å²) in [6, 6.07) is 7.65. The second kappa shape index (κ2) is 4.18. The van der Waals surface area contributed by atoms with Gasteiger partial charge in [-0.15, -0.1) is 0 Å². The molecular weight excluding hydrogens is 218 g/mol. The number of benzene rings is 1. The van der Waals surface area contributed by atoms with Crippen LogP contribution < -0.4 is 5.32 Å². The zero-order valence-electron chi connectivity index (χ0n) is 9.27. The molecule has 0 bridgehead atoms. The van der Waals surface area contributed by atoms with Crippen molar-refractivity contribution in [2.75, 3.05) is 11.9 Å². The maximum Gasteiger partial charge on any atom is 0.255 e. The van der Waals surface area contributed by atoms with Crippen LogP contribution in [0.5, 0.6) is 0 Å². The third kappa shape index (κ3) is 2.01. The SMILES string of the molecule is O=C(Nc1nc2ccccc2[nH]1)[C@H]1CCCO1. The van der Waals surface area contributed by atoms with Gasteiger partial charge in [-0.25, -0.2) is 4.98 Å². The molecule has 0 radical (unpaired) electrons. The Bertz CT molecular complexity index is 510. The Balaban J connectivity index is 1.77. The van der Waals surface area contributed by atoms with Crippen LogP contribution in [-0.2, 0) is 9.53 Å². The summed E-state index contributed by atoms with van der Waals surface area (Å²) in [6.45, 7) is 0.665. The normalized spacial score (nSPS) is 19.6. The first kappa shape index (κ1) is 10.3. The number of hydrogen-bond acceptors (Lipinski definition) is 3. The Morgan fingerprint density at radius 1 is 1.47 bits per heavy atom. The van der Waals surface area contributed by atoms with Crippen LogP contribution in [0.2, 0.25) is 0 Å². The average Bonchev–Trinajstić information content (AvgIpc) is 2.97. The summed E-state index contributed by atoms with van der Waals surface area (Å²) >= 11 is 0. The van der Waals surface area contributed by atoms with Gasteiger partial charge in [0, 0.05) is 6.61 Å². The van der Waals surface area contributed by atoms with Crippen LogP contribution in [0.15, 0.2) is 24.3 Å². The van der Waals surface area contributed by atoms with Crippen LogP contribution in [0.25, 0.3) is 11.0 Å². The molecule has 1 aliphatic heterocycles. The molecule has 1 aliphatic rings. The number of H-pyrrole nitrogens is 1. The number of fused-ring (bicyclic) bond motifs is 1. The minimum Gasteiger partial charge on any atom is -0.368 e. The van der Waals surface area contributed by atoms with E-state index in [4.69, 9.17) is 4.74 Å². The molecule has 17 heavy (non-hydrogen) atoms. The van der Waals surface area contributed by atoms with E-state index >= 15 is 0 Å². The van der Waals surface area contributed by atoms with Gasteiger partial charge >= 0.3 is 0 Å². The van der Waals surface area contributed by atoms with Crippen LogP contribution in [0.3, 0.4) is 0 Å². The average molecular weight is 231 g/mol. The van der Waals surface area contributed by atoms with E-state index in [2.05, 4.69) is 15.3 Å².